The summed E-state index contributed by atoms with van der Waals surface area (Å²) in [4.78, 5) is 18.0. The second-order valence-corrected chi connectivity index (χ2v) is 8.81. The molecule has 4 rings (SSSR count). The van der Waals surface area contributed by atoms with E-state index in [-0.39, 0.29) is 11.4 Å². The minimum absolute atomic E-state index is 0.0978. The smallest absolute Gasteiger partial charge is 0.220 e. The van der Waals surface area contributed by atoms with Gasteiger partial charge in [0.25, 0.3) is 0 Å². The van der Waals surface area contributed by atoms with Gasteiger partial charge in [-0.3, -0.25) is 14.6 Å². The highest BCUT2D eigenvalue weighted by molar-refractivity contribution is 7.19. The molecular weight excluding hydrogens is 354 g/mol. The second kappa shape index (κ2) is 6.88. The lowest BCUT2D eigenvalue weighted by molar-refractivity contribution is -0.121. The zero-order valence-corrected chi connectivity index (χ0v) is 16.1. The van der Waals surface area contributed by atoms with Crippen molar-refractivity contribution in [3.8, 4) is 0 Å². The first-order valence-electron chi connectivity index (χ1n) is 8.94. The molecule has 1 atom stereocenters. The summed E-state index contributed by atoms with van der Waals surface area (Å²) in [6.07, 6.45) is 2.58. The van der Waals surface area contributed by atoms with Crippen LogP contribution in [0.1, 0.15) is 24.1 Å². The van der Waals surface area contributed by atoms with E-state index in [2.05, 4.69) is 40.4 Å². The van der Waals surface area contributed by atoms with Crippen LogP contribution in [0.4, 0.5) is 0 Å². The molecule has 25 heavy (non-hydrogen) atoms. The van der Waals surface area contributed by atoms with E-state index in [4.69, 9.17) is 11.6 Å². The summed E-state index contributed by atoms with van der Waals surface area (Å²) in [7, 11) is 2.21. The minimum atomic E-state index is 0.0978. The molecule has 3 heterocycles. The van der Waals surface area contributed by atoms with Crippen molar-refractivity contribution in [1.82, 2.24) is 15.1 Å². The van der Waals surface area contributed by atoms with Gasteiger partial charge in [-0.05, 0) is 26.0 Å². The summed E-state index contributed by atoms with van der Waals surface area (Å²) < 4.78 is 1.26. The molecule has 2 fully saturated rings. The predicted molar refractivity (Wildman–Crippen MR) is 104 cm³/mol. The number of hydrogen-bond donors (Lipinski definition) is 1. The maximum absolute atomic E-state index is 11.8. The highest BCUT2D eigenvalue weighted by Gasteiger charge is 2.40. The van der Waals surface area contributed by atoms with Crippen molar-refractivity contribution < 1.29 is 4.79 Å². The molecule has 4 nitrogen and oxygen atoms in total. The van der Waals surface area contributed by atoms with E-state index in [0.29, 0.717) is 6.42 Å². The van der Waals surface area contributed by atoms with Crippen LogP contribution in [0.3, 0.4) is 0 Å². The third kappa shape index (κ3) is 3.31. The zero-order chi connectivity index (χ0) is 17.4. The van der Waals surface area contributed by atoms with E-state index in [1.807, 2.05) is 6.07 Å². The highest BCUT2D eigenvalue weighted by atomic mass is 35.5. The highest BCUT2D eigenvalue weighted by Crippen LogP contribution is 2.37. The molecule has 2 aliphatic rings. The Hall–Kier alpha value is -1.14. The summed E-state index contributed by atoms with van der Waals surface area (Å²) >= 11 is 8.45. The first-order chi connectivity index (χ1) is 12.1. The maximum Gasteiger partial charge on any atom is 0.220 e. The Morgan fingerprint density at radius 1 is 1.28 bits per heavy atom. The monoisotopic (exact) mass is 377 g/mol. The average molecular weight is 378 g/mol. The van der Waals surface area contributed by atoms with Crippen LogP contribution in [0, 0.1) is 0 Å². The molecule has 0 saturated carbocycles. The number of carbonyl (C=O) groups excluding carboxylic acids is 1. The van der Waals surface area contributed by atoms with E-state index in [1.165, 1.54) is 9.58 Å². The molecule has 2 aliphatic heterocycles. The average Bonchev–Trinajstić information content (AvgIpc) is 2.80. The first kappa shape index (κ1) is 17.3. The van der Waals surface area contributed by atoms with Crippen molar-refractivity contribution >= 4 is 38.9 Å². The molecule has 0 aliphatic carbocycles. The fourth-order valence-electron chi connectivity index (χ4n) is 4.18. The molecule has 2 saturated heterocycles. The summed E-state index contributed by atoms with van der Waals surface area (Å²) in [6.45, 7) is 4.76. The SMILES string of the molecule is CN1CCN(Cc2sc3ccccc3c2Cl)C[C@@]12CCNC(=O)CC2. The molecule has 1 spiro atoms. The predicted octanol–water partition coefficient (Wildman–Crippen LogP) is 3.34. The van der Waals surface area contributed by atoms with E-state index < -0.39 is 0 Å². The number of fused-ring (bicyclic) bond motifs is 1. The van der Waals surface area contributed by atoms with E-state index in [1.54, 1.807) is 11.3 Å². The number of likely N-dealkylation sites (N-methyl/N-ethyl adjacent to an activating group) is 1. The molecule has 0 bridgehead atoms. The van der Waals surface area contributed by atoms with Gasteiger partial charge >= 0.3 is 0 Å². The quantitative estimate of drug-likeness (QED) is 0.871. The molecule has 6 heteroatoms. The largest absolute Gasteiger partial charge is 0.356 e. The maximum atomic E-state index is 11.8. The Morgan fingerprint density at radius 3 is 2.96 bits per heavy atom. The van der Waals surface area contributed by atoms with Crippen molar-refractivity contribution in [3.05, 3.63) is 34.2 Å². The lowest BCUT2D eigenvalue weighted by Crippen LogP contribution is -2.60. The molecule has 1 aromatic heterocycles. The van der Waals surface area contributed by atoms with Crippen molar-refractivity contribution in [1.29, 1.82) is 0 Å². The normalized spacial score (nSPS) is 26.1. The lowest BCUT2D eigenvalue weighted by Gasteiger charge is -2.49. The molecule has 1 aromatic carbocycles. The summed E-state index contributed by atoms with van der Waals surface area (Å²) in [6, 6.07) is 8.36. The van der Waals surface area contributed by atoms with E-state index in [9.17, 15) is 4.79 Å². The van der Waals surface area contributed by atoms with Gasteiger partial charge < -0.3 is 5.32 Å². The van der Waals surface area contributed by atoms with Crippen LogP contribution >= 0.6 is 22.9 Å². The number of benzene rings is 1. The van der Waals surface area contributed by atoms with E-state index >= 15 is 0 Å². The van der Waals surface area contributed by atoms with Crippen molar-refractivity contribution in [2.75, 3.05) is 33.2 Å². The van der Waals surface area contributed by atoms with Gasteiger partial charge in [0.2, 0.25) is 5.91 Å². The molecule has 1 N–H and O–H groups in total. The zero-order valence-electron chi connectivity index (χ0n) is 14.6. The van der Waals surface area contributed by atoms with Gasteiger partial charge in [0, 0.05) is 59.6 Å². The van der Waals surface area contributed by atoms with Crippen LogP contribution in [-0.2, 0) is 11.3 Å². The number of nitrogens with zero attached hydrogens (tertiary/aromatic N) is 2. The number of nitrogens with one attached hydrogen (secondary N) is 1. The number of rotatable bonds is 2. The van der Waals surface area contributed by atoms with Gasteiger partial charge in [-0.15, -0.1) is 11.3 Å². The molecular formula is C19H24ClN3OS. The standard InChI is InChI=1S/C19H24ClN3OS/c1-22-10-11-23(13-19(22)7-6-17(24)21-9-8-19)12-16-18(20)14-4-2-3-5-15(14)25-16/h2-5H,6-13H2,1H3,(H,21,24)/t19-/m1/s1. The number of hydrogen-bond acceptors (Lipinski definition) is 4. The third-order valence-electron chi connectivity index (χ3n) is 5.78. The van der Waals surface area contributed by atoms with Gasteiger partial charge in [-0.1, -0.05) is 29.8 Å². The Morgan fingerprint density at radius 2 is 2.12 bits per heavy atom. The van der Waals surface area contributed by atoms with Gasteiger partial charge in [0.1, 0.15) is 0 Å². The van der Waals surface area contributed by atoms with E-state index in [0.717, 1.165) is 56.0 Å². The van der Waals surface area contributed by atoms with Crippen LogP contribution in [0.5, 0.6) is 0 Å². The lowest BCUT2D eigenvalue weighted by atomic mass is 9.86. The second-order valence-electron chi connectivity index (χ2n) is 7.29. The van der Waals surface area contributed by atoms with Gasteiger partial charge in [0.15, 0.2) is 0 Å². The molecule has 134 valence electrons. The molecule has 2 aromatic rings. The van der Waals surface area contributed by atoms with Crippen LogP contribution < -0.4 is 5.32 Å². The Balaban J connectivity index is 1.54. The van der Waals surface area contributed by atoms with Crippen LogP contribution in [0.25, 0.3) is 10.1 Å². The molecule has 0 unspecified atom stereocenters. The van der Waals surface area contributed by atoms with Gasteiger partial charge in [-0.25, -0.2) is 0 Å². The van der Waals surface area contributed by atoms with Crippen LogP contribution in [0.15, 0.2) is 24.3 Å². The Kier molecular flexibility index (Phi) is 4.75. The number of thiophene rings is 1. The third-order valence-corrected chi connectivity index (χ3v) is 7.48. The number of carbonyl (C=O) groups is 1. The molecule has 0 radical (unpaired) electrons. The van der Waals surface area contributed by atoms with Crippen LogP contribution in [0.2, 0.25) is 5.02 Å². The van der Waals surface area contributed by atoms with Crippen molar-refractivity contribution in [2.45, 2.75) is 31.3 Å². The summed E-state index contributed by atoms with van der Waals surface area (Å²) in [5.41, 5.74) is 0.0978. The van der Waals surface area contributed by atoms with Gasteiger partial charge in [-0.2, -0.15) is 0 Å². The number of amides is 1. The fraction of sp³-hybridized carbons (Fsp3) is 0.526. The van der Waals surface area contributed by atoms with Crippen molar-refractivity contribution in [2.24, 2.45) is 0 Å². The number of piperazine rings is 1. The molecule has 1 amide bonds. The summed E-state index contributed by atoms with van der Waals surface area (Å²) in [5, 5.41) is 5.10. The van der Waals surface area contributed by atoms with Gasteiger partial charge in [0.05, 0.1) is 5.02 Å². The van der Waals surface area contributed by atoms with Crippen molar-refractivity contribution in [3.63, 3.8) is 0 Å². The topological polar surface area (TPSA) is 35.6 Å². The number of halogens is 1. The fourth-order valence-corrected chi connectivity index (χ4v) is 5.72. The summed E-state index contributed by atoms with van der Waals surface area (Å²) in [5.74, 6) is 0.190. The minimum Gasteiger partial charge on any atom is -0.356 e. The van der Waals surface area contributed by atoms with Crippen LogP contribution in [-0.4, -0.2) is 54.5 Å². The Bertz CT molecular complexity index is 792. The first-order valence-corrected chi connectivity index (χ1v) is 10.1. The Labute approximate surface area is 157 Å².